The first-order valence-corrected chi connectivity index (χ1v) is 6.09. The van der Waals surface area contributed by atoms with Crippen LogP contribution in [0.2, 0.25) is 0 Å². The summed E-state index contributed by atoms with van der Waals surface area (Å²) < 4.78 is 9.79. The summed E-state index contributed by atoms with van der Waals surface area (Å²) in [6.07, 6.45) is 1.75. The molecule has 0 amide bonds. The molecule has 0 saturated carbocycles. The summed E-state index contributed by atoms with van der Waals surface area (Å²) in [4.78, 5) is 15.6. The molecule has 2 rings (SSSR count). The normalized spacial score (nSPS) is 10.5. The molecule has 0 radical (unpaired) electrons. The Hall–Kier alpha value is -2.62. The molecule has 0 aliphatic rings. The first-order valence-electron chi connectivity index (χ1n) is 6.09. The zero-order valence-electron chi connectivity index (χ0n) is 11.4. The highest BCUT2D eigenvalue weighted by Crippen LogP contribution is 2.15. The van der Waals surface area contributed by atoms with Gasteiger partial charge in [0.15, 0.2) is 0 Å². The number of aliphatic imine (C=N–C) groups is 1. The van der Waals surface area contributed by atoms with E-state index >= 15 is 0 Å². The summed E-state index contributed by atoms with van der Waals surface area (Å²) in [5, 5.41) is 0. The fraction of sp³-hybridized carbons (Fsp3) is 0.125. The van der Waals surface area contributed by atoms with E-state index in [9.17, 15) is 4.79 Å². The third-order valence-corrected chi connectivity index (χ3v) is 2.74. The van der Waals surface area contributed by atoms with Crippen molar-refractivity contribution in [3.63, 3.8) is 0 Å². The summed E-state index contributed by atoms with van der Waals surface area (Å²) in [6.45, 7) is 0. The lowest BCUT2D eigenvalue weighted by Gasteiger charge is -2.00. The maximum Gasteiger partial charge on any atom is 0.337 e. The number of esters is 1. The molecule has 20 heavy (non-hydrogen) atoms. The summed E-state index contributed by atoms with van der Waals surface area (Å²) in [5.41, 5.74) is 2.22. The van der Waals surface area contributed by atoms with Crippen LogP contribution in [-0.2, 0) is 4.74 Å². The van der Waals surface area contributed by atoms with E-state index in [-0.39, 0.29) is 5.97 Å². The van der Waals surface area contributed by atoms with Gasteiger partial charge in [-0.2, -0.15) is 0 Å². The molecule has 4 heteroatoms. The highest BCUT2D eigenvalue weighted by atomic mass is 16.5. The first kappa shape index (κ1) is 13.8. The van der Waals surface area contributed by atoms with E-state index in [1.807, 2.05) is 24.3 Å². The molecule has 0 unspecified atom stereocenters. The zero-order valence-corrected chi connectivity index (χ0v) is 11.4. The predicted molar refractivity (Wildman–Crippen MR) is 78.0 cm³/mol. The Morgan fingerprint density at radius 3 is 2.50 bits per heavy atom. The lowest BCUT2D eigenvalue weighted by molar-refractivity contribution is 0.0601. The van der Waals surface area contributed by atoms with Crippen LogP contribution in [0.3, 0.4) is 0 Å². The summed E-state index contributed by atoms with van der Waals surface area (Å²) >= 11 is 0. The van der Waals surface area contributed by atoms with E-state index in [1.54, 1.807) is 37.6 Å². The van der Waals surface area contributed by atoms with Gasteiger partial charge >= 0.3 is 5.97 Å². The summed E-state index contributed by atoms with van der Waals surface area (Å²) in [6, 6.07) is 14.5. The van der Waals surface area contributed by atoms with Gasteiger partial charge in [-0.1, -0.05) is 12.1 Å². The zero-order chi connectivity index (χ0) is 14.4. The molecule has 4 nitrogen and oxygen atoms in total. The van der Waals surface area contributed by atoms with Crippen molar-refractivity contribution in [2.45, 2.75) is 0 Å². The van der Waals surface area contributed by atoms with Crippen LogP contribution in [-0.4, -0.2) is 26.4 Å². The van der Waals surface area contributed by atoms with Crippen molar-refractivity contribution < 1.29 is 14.3 Å². The molecular formula is C16H15NO3. The van der Waals surface area contributed by atoms with Gasteiger partial charge in [0.05, 0.1) is 25.5 Å². The highest BCUT2D eigenvalue weighted by molar-refractivity contribution is 5.90. The fourth-order valence-electron chi connectivity index (χ4n) is 1.67. The number of methoxy groups -OCH3 is 2. The average molecular weight is 269 g/mol. The Morgan fingerprint density at radius 2 is 1.85 bits per heavy atom. The summed E-state index contributed by atoms with van der Waals surface area (Å²) in [5.74, 6) is 0.434. The molecule has 0 aliphatic carbocycles. The molecule has 0 bridgehead atoms. The van der Waals surface area contributed by atoms with Gasteiger partial charge in [0.25, 0.3) is 0 Å². The van der Waals surface area contributed by atoms with Gasteiger partial charge in [0, 0.05) is 6.21 Å². The molecule has 102 valence electrons. The number of nitrogens with zero attached hydrogens (tertiary/aromatic N) is 1. The van der Waals surface area contributed by atoms with Gasteiger partial charge < -0.3 is 9.47 Å². The van der Waals surface area contributed by atoms with Gasteiger partial charge in [-0.15, -0.1) is 0 Å². The largest absolute Gasteiger partial charge is 0.497 e. The van der Waals surface area contributed by atoms with E-state index in [0.717, 1.165) is 17.0 Å². The minimum atomic E-state index is -0.353. The second-order valence-corrected chi connectivity index (χ2v) is 4.07. The van der Waals surface area contributed by atoms with E-state index in [1.165, 1.54) is 7.11 Å². The predicted octanol–water partition coefficient (Wildman–Crippen LogP) is 3.23. The van der Waals surface area contributed by atoms with E-state index in [4.69, 9.17) is 4.74 Å². The summed E-state index contributed by atoms with van der Waals surface area (Å²) in [7, 11) is 2.99. The first-order chi connectivity index (χ1) is 9.72. The number of carbonyl (C=O) groups is 1. The van der Waals surface area contributed by atoms with E-state index in [2.05, 4.69) is 9.73 Å². The van der Waals surface area contributed by atoms with Crippen molar-refractivity contribution in [1.82, 2.24) is 0 Å². The molecule has 2 aromatic rings. The Kier molecular flexibility index (Phi) is 4.50. The van der Waals surface area contributed by atoms with Crippen LogP contribution < -0.4 is 4.74 Å². The van der Waals surface area contributed by atoms with Gasteiger partial charge in [-0.05, 0) is 42.0 Å². The van der Waals surface area contributed by atoms with Crippen LogP contribution in [0.5, 0.6) is 5.75 Å². The number of benzene rings is 2. The quantitative estimate of drug-likeness (QED) is 0.632. The second kappa shape index (κ2) is 6.52. The molecule has 0 heterocycles. The van der Waals surface area contributed by atoms with Crippen LogP contribution in [0.15, 0.2) is 53.5 Å². The number of carbonyl (C=O) groups excluding carboxylic acids is 1. The maximum absolute atomic E-state index is 11.3. The average Bonchev–Trinajstić information content (AvgIpc) is 2.53. The molecule has 0 fully saturated rings. The molecule has 0 N–H and O–H groups in total. The Morgan fingerprint density at radius 1 is 1.10 bits per heavy atom. The lowest BCUT2D eigenvalue weighted by atomic mass is 10.2. The van der Waals surface area contributed by atoms with Crippen molar-refractivity contribution in [3.05, 3.63) is 59.7 Å². The van der Waals surface area contributed by atoms with Crippen LogP contribution in [0.25, 0.3) is 0 Å². The molecule has 0 saturated heterocycles. The smallest absolute Gasteiger partial charge is 0.337 e. The van der Waals surface area contributed by atoms with E-state index in [0.29, 0.717) is 5.56 Å². The third kappa shape index (κ3) is 3.45. The van der Waals surface area contributed by atoms with Gasteiger partial charge in [-0.25, -0.2) is 4.79 Å². The SMILES string of the molecule is COC(=O)c1ccc(/N=C/c2cccc(OC)c2)cc1. The molecule has 2 aromatic carbocycles. The van der Waals surface area contributed by atoms with Gasteiger partial charge in [0.1, 0.15) is 5.75 Å². The minimum absolute atomic E-state index is 0.353. The number of ether oxygens (including phenoxy) is 2. The fourth-order valence-corrected chi connectivity index (χ4v) is 1.67. The van der Waals surface area contributed by atoms with Crippen molar-refractivity contribution >= 4 is 17.9 Å². The Balaban J connectivity index is 2.12. The number of rotatable bonds is 4. The molecule has 0 aromatic heterocycles. The van der Waals surface area contributed by atoms with E-state index < -0.39 is 0 Å². The molecule has 0 atom stereocenters. The Bertz CT molecular complexity index is 618. The van der Waals surface area contributed by atoms with Crippen molar-refractivity contribution in [2.24, 2.45) is 4.99 Å². The van der Waals surface area contributed by atoms with Crippen molar-refractivity contribution in [1.29, 1.82) is 0 Å². The van der Waals surface area contributed by atoms with Crippen LogP contribution in [0.1, 0.15) is 15.9 Å². The standard InChI is InChI=1S/C16H15NO3/c1-19-15-5-3-4-12(10-15)11-17-14-8-6-13(7-9-14)16(18)20-2/h3-11H,1-2H3/b17-11+. The molecule has 0 aliphatic heterocycles. The van der Waals surface area contributed by atoms with Gasteiger partial charge in [-0.3, -0.25) is 4.99 Å². The van der Waals surface area contributed by atoms with Crippen LogP contribution in [0.4, 0.5) is 5.69 Å². The number of hydrogen-bond acceptors (Lipinski definition) is 4. The third-order valence-electron chi connectivity index (χ3n) is 2.74. The lowest BCUT2D eigenvalue weighted by Crippen LogP contribution is -1.99. The topological polar surface area (TPSA) is 47.9 Å². The van der Waals surface area contributed by atoms with Crippen molar-refractivity contribution in [3.8, 4) is 5.75 Å². The van der Waals surface area contributed by atoms with Crippen molar-refractivity contribution in [2.75, 3.05) is 14.2 Å². The number of hydrogen-bond donors (Lipinski definition) is 0. The van der Waals surface area contributed by atoms with Crippen LogP contribution in [0, 0.1) is 0 Å². The molecule has 0 spiro atoms. The van der Waals surface area contributed by atoms with Gasteiger partial charge in [0.2, 0.25) is 0 Å². The molecular weight excluding hydrogens is 254 g/mol. The minimum Gasteiger partial charge on any atom is -0.497 e. The second-order valence-electron chi connectivity index (χ2n) is 4.07. The highest BCUT2D eigenvalue weighted by Gasteiger charge is 2.03. The monoisotopic (exact) mass is 269 g/mol. The maximum atomic E-state index is 11.3. The van der Waals surface area contributed by atoms with Crippen LogP contribution >= 0.6 is 0 Å². The Labute approximate surface area is 117 Å².